The van der Waals surface area contributed by atoms with Crippen molar-refractivity contribution in [3.05, 3.63) is 12.2 Å². The van der Waals surface area contributed by atoms with E-state index in [0.717, 1.165) is 12.8 Å². The van der Waals surface area contributed by atoms with Crippen LogP contribution >= 0.6 is 0 Å². The average molecular weight is 164 g/mol. The van der Waals surface area contributed by atoms with Gasteiger partial charge in [0.25, 0.3) is 0 Å². The highest BCUT2D eigenvalue weighted by molar-refractivity contribution is 5.17. The van der Waals surface area contributed by atoms with Crippen LogP contribution in [0.25, 0.3) is 0 Å². The first-order valence-corrected chi connectivity index (χ1v) is 4.56. The minimum absolute atomic E-state index is 0.189. The van der Waals surface area contributed by atoms with E-state index in [4.69, 9.17) is 0 Å². The smallest absolute Gasteiger partial charge is 0.0583 e. The molecule has 1 aliphatic rings. The molecule has 0 aromatic rings. The fourth-order valence-electron chi connectivity index (χ4n) is 1.69. The minimum atomic E-state index is -0.189. The van der Waals surface area contributed by atoms with Crippen molar-refractivity contribution in [2.24, 2.45) is 11.8 Å². The van der Waals surface area contributed by atoms with E-state index in [9.17, 15) is 5.11 Å². The third-order valence-electron chi connectivity index (χ3n) is 2.44. The van der Waals surface area contributed by atoms with E-state index in [1.54, 1.807) is 0 Å². The Balaban J connectivity index is 2.59. The fourth-order valence-corrected chi connectivity index (χ4v) is 1.69. The summed E-state index contributed by atoms with van der Waals surface area (Å²) in [4.78, 5) is 0. The van der Waals surface area contributed by atoms with Gasteiger partial charge in [-0.2, -0.15) is 0 Å². The van der Waals surface area contributed by atoms with Gasteiger partial charge in [0.15, 0.2) is 0 Å². The SMILES string of the molecule is CC#C[C@@H]1C=CC[C@H]1[C@@H](O)CC. The molecule has 1 rings (SSSR count). The van der Waals surface area contributed by atoms with E-state index in [1.807, 2.05) is 13.8 Å². The van der Waals surface area contributed by atoms with Crippen LogP contribution in [0.1, 0.15) is 26.7 Å². The van der Waals surface area contributed by atoms with Gasteiger partial charge in [0.1, 0.15) is 0 Å². The standard InChI is InChI=1S/C11H16O/c1-3-6-9-7-5-8-10(9)11(12)4-2/h5,7,9-12H,4,8H2,1-2H3/t9-,10-,11+/m1/s1. The maximum atomic E-state index is 9.65. The first-order valence-electron chi connectivity index (χ1n) is 4.56. The number of rotatable bonds is 2. The van der Waals surface area contributed by atoms with Crippen molar-refractivity contribution in [2.45, 2.75) is 32.8 Å². The second-order valence-corrected chi connectivity index (χ2v) is 3.22. The highest BCUT2D eigenvalue weighted by Gasteiger charge is 2.26. The van der Waals surface area contributed by atoms with Crippen LogP contribution in [0.4, 0.5) is 0 Å². The Morgan fingerprint density at radius 3 is 3.00 bits per heavy atom. The Labute approximate surface area is 74.5 Å². The summed E-state index contributed by atoms with van der Waals surface area (Å²) in [5.74, 6) is 6.64. The van der Waals surface area contributed by atoms with Gasteiger partial charge in [0.05, 0.1) is 6.10 Å². The Morgan fingerprint density at radius 1 is 1.67 bits per heavy atom. The Hall–Kier alpha value is -0.740. The Kier molecular flexibility index (Phi) is 3.37. The number of hydrogen-bond acceptors (Lipinski definition) is 1. The van der Waals surface area contributed by atoms with Gasteiger partial charge in [0, 0.05) is 11.8 Å². The molecule has 0 fully saturated rings. The van der Waals surface area contributed by atoms with Crippen molar-refractivity contribution in [3.63, 3.8) is 0 Å². The van der Waals surface area contributed by atoms with Gasteiger partial charge >= 0.3 is 0 Å². The molecule has 1 nitrogen and oxygen atoms in total. The maximum absolute atomic E-state index is 9.65. The van der Waals surface area contributed by atoms with E-state index in [1.165, 1.54) is 0 Å². The van der Waals surface area contributed by atoms with Gasteiger partial charge in [-0.05, 0) is 19.8 Å². The van der Waals surface area contributed by atoms with Crippen molar-refractivity contribution >= 4 is 0 Å². The number of aliphatic hydroxyl groups excluding tert-OH is 1. The summed E-state index contributed by atoms with van der Waals surface area (Å²) in [6, 6.07) is 0. The van der Waals surface area contributed by atoms with Crippen molar-refractivity contribution in [1.29, 1.82) is 0 Å². The van der Waals surface area contributed by atoms with Gasteiger partial charge in [-0.1, -0.05) is 25.0 Å². The first-order chi connectivity index (χ1) is 5.79. The molecule has 0 unspecified atom stereocenters. The molecule has 0 aromatic heterocycles. The quantitative estimate of drug-likeness (QED) is 0.488. The number of hydrogen-bond donors (Lipinski definition) is 1. The molecule has 0 saturated heterocycles. The van der Waals surface area contributed by atoms with Gasteiger partial charge in [-0.15, -0.1) is 5.92 Å². The minimum Gasteiger partial charge on any atom is -0.393 e. The predicted octanol–water partition coefficient (Wildman–Crippen LogP) is 1.97. The van der Waals surface area contributed by atoms with Gasteiger partial charge in [-0.25, -0.2) is 0 Å². The monoisotopic (exact) mass is 164 g/mol. The van der Waals surface area contributed by atoms with Crippen LogP contribution < -0.4 is 0 Å². The Bertz CT molecular complexity index is 219. The molecular formula is C11H16O. The normalized spacial score (nSPS) is 29.6. The van der Waals surface area contributed by atoms with Gasteiger partial charge in [-0.3, -0.25) is 0 Å². The van der Waals surface area contributed by atoms with Crippen LogP contribution in [-0.2, 0) is 0 Å². The lowest BCUT2D eigenvalue weighted by molar-refractivity contribution is 0.0981. The summed E-state index contributed by atoms with van der Waals surface area (Å²) >= 11 is 0. The number of allylic oxidation sites excluding steroid dienone is 2. The largest absolute Gasteiger partial charge is 0.393 e. The lowest BCUT2D eigenvalue weighted by Crippen LogP contribution is -2.22. The molecule has 1 N–H and O–H groups in total. The van der Waals surface area contributed by atoms with Crippen molar-refractivity contribution in [2.75, 3.05) is 0 Å². The molecule has 66 valence electrons. The van der Waals surface area contributed by atoms with Crippen molar-refractivity contribution in [3.8, 4) is 11.8 Å². The summed E-state index contributed by atoms with van der Waals surface area (Å²) in [5, 5.41) is 9.65. The number of aliphatic hydroxyl groups is 1. The molecule has 3 atom stereocenters. The second-order valence-electron chi connectivity index (χ2n) is 3.22. The highest BCUT2D eigenvalue weighted by atomic mass is 16.3. The molecule has 0 amide bonds. The van der Waals surface area contributed by atoms with Gasteiger partial charge < -0.3 is 5.11 Å². The van der Waals surface area contributed by atoms with Gasteiger partial charge in [0.2, 0.25) is 0 Å². The molecule has 0 bridgehead atoms. The predicted molar refractivity (Wildman–Crippen MR) is 50.5 cm³/mol. The van der Waals surface area contributed by atoms with Crippen LogP contribution in [0, 0.1) is 23.7 Å². The first kappa shape index (κ1) is 9.35. The topological polar surface area (TPSA) is 20.2 Å². The molecule has 0 heterocycles. The molecular weight excluding hydrogens is 148 g/mol. The molecule has 12 heavy (non-hydrogen) atoms. The average Bonchev–Trinajstić information content (AvgIpc) is 2.52. The van der Waals surface area contributed by atoms with Crippen LogP contribution in [-0.4, -0.2) is 11.2 Å². The molecule has 0 aliphatic heterocycles. The summed E-state index contributed by atoms with van der Waals surface area (Å²) in [6.45, 7) is 3.86. The second kappa shape index (κ2) is 4.33. The summed E-state index contributed by atoms with van der Waals surface area (Å²) in [7, 11) is 0. The maximum Gasteiger partial charge on any atom is 0.0583 e. The molecule has 0 aromatic carbocycles. The molecule has 1 heteroatoms. The van der Waals surface area contributed by atoms with E-state index in [2.05, 4.69) is 24.0 Å². The van der Waals surface area contributed by atoms with Crippen LogP contribution in [0.3, 0.4) is 0 Å². The lowest BCUT2D eigenvalue weighted by Gasteiger charge is -2.19. The van der Waals surface area contributed by atoms with Crippen molar-refractivity contribution in [1.82, 2.24) is 0 Å². The van der Waals surface area contributed by atoms with Crippen LogP contribution in [0.2, 0.25) is 0 Å². The summed E-state index contributed by atoms with van der Waals surface area (Å²) in [6.07, 6.45) is 5.85. The third-order valence-corrected chi connectivity index (χ3v) is 2.44. The van der Waals surface area contributed by atoms with Crippen molar-refractivity contribution < 1.29 is 5.11 Å². The molecule has 1 aliphatic carbocycles. The molecule has 0 radical (unpaired) electrons. The van der Waals surface area contributed by atoms with E-state index < -0.39 is 0 Å². The third kappa shape index (κ3) is 1.89. The Morgan fingerprint density at radius 2 is 2.42 bits per heavy atom. The van der Waals surface area contributed by atoms with Crippen LogP contribution in [0.15, 0.2) is 12.2 Å². The van der Waals surface area contributed by atoms with E-state index in [0.29, 0.717) is 5.92 Å². The molecule has 0 saturated carbocycles. The molecule has 0 spiro atoms. The van der Waals surface area contributed by atoms with E-state index in [-0.39, 0.29) is 12.0 Å². The zero-order chi connectivity index (χ0) is 8.97. The zero-order valence-electron chi connectivity index (χ0n) is 7.75. The summed E-state index contributed by atoms with van der Waals surface area (Å²) in [5.41, 5.74) is 0. The fraction of sp³-hybridized carbons (Fsp3) is 0.636. The zero-order valence-corrected chi connectivity index (χ0v) is 7.75. The summed E-state index contributed by atoms with van der Waals surface area (Å²) < 4.78 is 0. The lowest BCUT2D eigenvalue weighted by atomic mass is 9.89. The highest BCUT2D eigenvalue weighted by Crippen LogP contribution is 2.28. The van der Waals surface area contributed by atoms with Crippen LogP contribution in [0.5, 0.6) is 0 Å². The van der Waals surface area contributed by atoms with E-state index >= 15 is 0 Å².